The third kappa shape index (κ3) is 5.98. The van der Waals surface area contributed by atoms with Gasteiger partial charge in [-0.15, -0.1) is 0 Å². The summed E-state index contributed by atoms with van der Waals surface area (Å²) in [4.78, 5) is 15.2. The number of para-hydroxylation sites is 1. The Balaban J connectivity index is 1.79. The van der Waals surface area contributed by atoms with Gasteiger partial charge in [0.1, 0.15) is 23.1 Å². The van der Waals surface area contributed by atoms with Crippen LogP contribution in [0.3, 0.4) is 0 Å². The largest absolute Gasteiger partial charge is 0.497 e. The lowest BCUT2D eigenvalue weighted by Crippen LogP contribution is -2.31. The molecule has 37 heavy (non-hydrogen) atoms. The van der Waals surface area contributed by atoms with Crippen LogP contribution in [0.5, 0.6) is 17.2 Å². The van der Waals surface area contributed by atoms with Crippen LogP contribution in [-0.2, 0) is 6.54 Å². The van der Waals surface area contributed by atoms with E-state index in [1.165, 1.54) is 12.1 Å². The van der Waals surface area contributed by atoms with Gasteiger partial charge in [0.2, 0.25) is 0 Å². The minimum atomic E-state index is -0.574. The number of anilines is 1. The van der Waals surface area contributed by atoms with Gasteiger partial charge in [-0.1, -0.05) is 54.6 Å². The van der Waals surface area contributed by atoms with E-state index in [9.17, 15) is 9.18 Å². The van der Waals surface area contributed by atoms with Crippen LogP contribution in [0.2, 0.25) is 0 Å². The number of amides is 1. The van der Waals surface area contributed by atoms with Crippen LogP contribution in [0.4, 0.5) is 10.1 Å². The zero-order chi connectivity index (χ0) is 26.2. The van der Waals surface area contributed by atoms with Crippen LogP contribution in [-0.4, -0.2) is 27.2 Å². The molecule has 4 aromatic carbocycles. The number of halogens is 1. The number of carbonyl (C=O) groups is 1. The molecule has 0 radical (unpaired) electrons. The highest BCUT2D eigenvalue weighted by Gasteiger charge is 2.24. The highest BCUT2D eigenvalue weighted by molar-refractivity contribution is 6.06. The lowest BCUT2D eigenvalue weighted by atomic mass is 10.0. The van der Waals surface area contributed by atoms with Crippen LogP contribution >= 0.6 is 0 Å². The molecule has 0 unspecified atom stereocenters. The van der Waals surface area contributed by atoms with Crippen molar-refractivity contribution >= 4 is 23.7 Å². The summed E-state index contributed by atoms with van der Waals surface area (Å²) in [6, 6.07) is 26.5. The molecule has 0 spiro atoms. The quantitative estimate of drug-likeness (QED) is 0.237. The number of benzene rings is 4. The molecule has 0 bridgehead atoms. The molecule has 0 aliphatic carbocycles. The first kappa shape index (κ1) is 25.5. The summed E-state index contributed by atoms with van der Waals surface area (Å²) >= 11 is 0. The van der Waals surface area contributed by atoms with Gasteiger partial charge in [-0.3, -0.25) is 4.79 Å². The summed E-state index contributed by atoms with van der Waals surface area (Å²) in [7, 11) is 4.78. The van der Waals surface area contributed by atoms with Crippen molar-refractivity contribution in [1.82, 2.24) is 0 Å². The predicted molar refractivity (Wildman–Crippen MR) is 145 cm³/mol. The van der Waals surface area contributed by atoms with Crippen LogP contribution in [0.1, 0.15) is 27.0 Å². The molecule has 0 aliphatic heterocycles. The van der Waals surface area contributed by atoms with Crippen LogP contribution in [0.15, 0.2) is 91.0 Å². The maximum absolute atomic E-state index is 14.6. The van der Waals surface area contributed by atoms with Gasteiger partial charge in [0.05, 0.1) is 33.4 Å². The van der Waals surface area contributed by atoms with E-state index in [1.807, 2.05) is 72.8 Å². The van der Waals surface area contributed by atoms with Gasteiger partial charge >= 0.3 is 0 Å². The fraction of sp³-hybridized carbons (Fsp3) is 0.129. The van der Waals surface area contributed by atoms with Crippen molar-refractivity contribution in [3.63, 3.8) is 0 Å². The average Bonchev–Trinajstić information content (AvgIpc) is 2.95. The molecule has 0 atom stereocenters. The molecule has 0 fully saturated rings. The number of ether oxygens (including phenoxy) is 3. The second-order valence-corrected chi connectivity index (χ2v) is 8.21. The summed E-state index contributed by atoms with van der Waals surface area (Å²) < 4.78 is 31.1. The van der Waals surface area contributed by atoms with Crippen molar-refractivity contribution in [3.8, 4) is 17.2 Å². The Morgan fingerprint density at radius 3 is 2.11 bits per heavy atom. The second kappa shape index (κ2) is 11.9. The summed E-state index contributed by atoms with van der Waals surface area (Å²) in [5, 5.41) is 0. The fourth-order valence-corrected chi connectivity index (χ4v) is 3.99. The van der Waals surface area contributed by atoms with E-state index in [-0.39, 0.29) is 12.1 Å². The van der Waals surface area contributed by atoms with Gasteiger partial charge < -0.3 is 19.1 Å². The Morgan fingerprint density at radius 1 is 0.784 bits per heavy atom. The van der Waals surface area contributed by atoms with Gasteiger partial charge in [-0.2, -0.15) is 0 Å². The van der Waals surface area contributed by atoms with Gasteiger partial charge in [-0.25, -0.2) is 4.39 Å². The van der Waals surface area contributed by atoms with E-state index in [0.29, 0.717) is 17.2 Å². The second-order valence-electron chi connectivity index (χ2n) is 8.21. The molecular formula is C31H28FNO4. The van der Waals surface area contributed by atoms with Crippen molar-refractivity contribution in [3.05, 3.63) is 119 Å². The van der Waals surface area contributed by atoms with Crippen LogP contribution in [0, 0.1) is 5.82 Å². The molecule has 0 saturated carbocycles. The number of carbonyl (C=O) groups excluding carboxylic acids is 1. The maximum atomic E-state index is 14.6. The number of nitrogens with zero attached hydrogens (tertiary/aromatic N) is 1. The monoisotopic (exact) mass is 497 g/mol. The van der Waals surface area contributed by atoms with Gasteiger partial charge in [-0.05, 0) is 53.6 Å². The molecule has 4 rings (SSSR count). The molecule has 0 aromatic heterocycles. The smallest absolute Gasteiger partial charge is 0.261 e. The Morgan fingerprint density at radius 2 is 1.46 bits per heavy atom. The SMILES string of the molecule is COc1ccc(C=Cc2cc(OC)cc(OC)c2CN(C(=O)c2ccccc2F)c2ccccc2)cc1. The van der Waals surface area contributed by atoms with Gasteiger partial charge in [0, 0.05) is 17.3 Å². The summed E-state index contributed by atoms with van der Waals surface area (Å²) in [6.45, 7) is 0.145. The Kier molecular flexibility index (Phi) is 8.21. The van der Waals surface area contributed by atoms with E-state index in [0.717, 1.165) is 22.4 Å². The third-order valence-electron chi connectivity index (χ3n) is 5.98. The summed E-state index contributed by atoms with van der Waals surface area (Å²) in [5.41, 5.74) is 3.15. The molecule has 1 amide bonds. The van der Waals surface area contributed by atoms with Crippen LogP contribution < -0.4 is 19.1 Å². The maximum Gasteiger partial charge on any atom is 0.261 e. The number of hydrogen-bond acceptors (Lipinski definition) is 4. The van der Waals surface area contributed by atoms with E-state index in [1.54, 1.807) is 44.4 Å². The van der Waals surface area contributed by atoms with Gasteiger partial charge in [0.25, 0.3) is 5.91 Å². The molecule has 0 aliphatic rings. The molecule has 4 aromatic rings. The predicted octanol–water partition coefficient (Wildman–Crippen LogP) is 6.87. The lowest BCUT2D eigenvalue weighted by molar-refractivity contribution is 0.0981. The van der Waals surface area contributed by atoms with E-state index in [2.05, 4.69) is 0 Å². The molecule has 188 valence electrons. The zero-order valence-corrected chi connectivity index (χ0v) is 21.0. The zero-order valence-electron chi connectivity index (χ0n) is 21.0. The van der Waals surface area contributed by atoms with Crippen molar-refractivity contribution in [1.29, 1.82) is 0 Å². The van der Waals surface area contributed by atoms with E-state index >= 15 is 0 Å². The third-order valence-corrected chi connectivity index (χ3v) is 5.98. The molecule has 0 heterocycles. The molecule has 0 saturated heterocycles. The molecule has 5 nitrogen and oxygen atoms in total. The van der Waals surface area contributed by atoms with Crippen molar-refractivity contribution in [2.75, 3.05) is 26.2 Å². The van der Waals surface area contributed by atoms with E-state index in [4.69, 9.17) is 14.2 Å². The standard InChI is InChI=1S/C31H28FNO4/c1-35-25-17-14-22(15-18-25)13-16-23-19-26(36-2)20-30(37-3)28(23)21-33(24-9-5-4-6-10-24)31(34)27-11-7-8-12-29(27)32/h4-20H,21H2,1-3H3. The topological polar surface area (TPSA) is 48.0 Å². The summed E-state index contributed by atoms with van der Waals surface area (Å²) in [6.07, 6.45) is 3.90. The normalized spacial score (nSPS) is 10.8. The number of methoxy groups -OCH3 is 3. The molecular weight excluding hydrogens is 469 g/mol. The first-order valence-corrected chi connectivity index (χ1v) is 11.7. The van der Waals surface area contributed by atoms with Crippen molar-refractivity contribution in [2.45, 2.75) is 6.54 Å². The minimum Gasteiger partial charge on any atom is -0.497 e. The van der Waals surface area contributed by atoms with Crippen molar-refractivity contribution in [2.24, 2.45) is 0 Å². The highest BCUT2D eigenvalue weighted by atomic mass is 19.1. The minimum absolute atomic E-state index is 0.00541. The Labute approximate surface area is 216 Å². The summed E-state index contributed by atoms with van der Waals surface area (Å²) in [5.74, 6) is 0.908. The average molecular weight is 498 g/mol. The van der Waals surface area contributed by atoms with Gasteiger partial charge in [0.15, 0.2) is 0 Å². The van der Waals surface area contributed by atoms with Crippen LogP contribution in [0.25, 0.3) is 12.2 Å². The first-order valence-electron chi connectivity index (χ1n) is 11.7. The molecule has 0 N–H and O–H groups in total. The number of hydrogen-bond donors (Lipinski definition) is 0. The Bertz CT molecular complexity index is 1380. The lowest BCUT2D eigenvalue weighted by Gasteiger charge is -2.25. The fourth-order valence-electron chi connectivity index (χ4n) is 3.99. The number of rotatable bonds is 9. The van der Waals surface area contributed by atoms with Crippen molar-refractivity contribution < 1.29 is 23.4 Å². The molecule has 6 heteroatoms. The Hall–Kier alpha value is -4.58. The van der Waals surface area contributed by atoms with E-state index < -0.39 is 11.7 Å². The highest BCUT2D eigenvalue weighted by Crippen LogP contribution is 2.33. The first-order chi connectivity index (χ1) is 18.0.